The van der Waals surface area contributed by atoms with E-state index in [-0.39, 0.29) is 5.92 Å². The molecule has 0 saturated carbocycles. The summed E-state index contributed by atoms with van der Waals surface area (Å²) in [6.07, 6.45) is 12.4. The van der Waals surface area contributed by atoms with E-state index in [2.05, 4.69) is 35.5 Å². The van der Waals surface area contributed by atoms with Gasteiger partial charge in [0.1, 0.15) is 6.61 Å². The van der Waals surface area contributed by atoms with Crippen LogP contribution in [-0.2, 0) is 11.4 Å². The molecule has 0 saturated heterocycles. The van der Waals surface area contributed by atoms with Crippen molar-refractivity contribution in [3.63, 3.8) is 0 Å². The third kappa shape index (κ3) is 4.55. The van der Waals surface area contributed by atoms with Gasteiger partial charge in [0.05, 0.1) is 5.71 Å². The number of oxime groups is 1. The summed E-state index contributed by atoms with van der Waals surface area (Å²) in [7, 11) is 0. The summed E-state index contributed by atoms with van der Waals surface area (Å²) in [6.45, 7) is 0.483. The van der Waals surface area contributed by atoms with Gasteiger partial charge in [-0.3, -0.25) is 0 Å². The molecule has 0 N–H and O–H groups in total. The average molecular weight is 301 g/mol. The Kier molecular flexibility index (Phi) is 5.20. The Bertz CT molecular complexity index is 727. The Morgan fingerprint density at radius 2 is 1.65 bits per heavy atom. The molecule has 114 valence electrons. The van der Waals surface area contributed by atoms with Crippen LogP contribution in [0.15, 0.2) is 96.2 Å². The topological polar surface area (TPSA) is 21.6 Å². The molecule has 3 rings (SSSR count). The van der Waals surface area contributed by atoms with Gasteiger partial charge >= 0.3 is 0 Å². The van der Waals surface area contributed by atoms with Crippen molar-refractivity contribution in [1.29, 1.82) is 0 Å². The minimum Gasteiger partial charge on any atom is -0.391 e. The Labute approximate surface area is 137 Å². The number of hydrogen-bond acceptors (Lipinski definition) is 2. The fraction of sp³-hybridized carbons (Fsp3) is 0.0952. The van der Waals surface area contributed by atoms with Gasteiger partial charge in [0.25, 0.3) is 0 Å². The van der Waals surface area contributed by atoms with Crippen molar-refractivity contribution in [3.8, 4) is 0 Å². The maximum absolute atomic E-state index is 5.51. The minimum absolute atomic E-state index is 0.135. The van der Waals surface area contributed by atoms with Crippen LogP contribution in [0.5, 0.6) is 0 Å². The average Bonchev–Trinajstić information content (AvgIpc) is 2.63. The molecule has 2 nitrogen and oxygen atoms in total. The monoisotopic (exact) mass is 301 g/mol. The van der Waals surface area contributed by atoms with Crippen LogP contribution in [-0.4, -0.2) is 5.71 Å². The maximum atomic E-state index is 5.51. The molecule has 0 amide bonds. The Morgan fingerprint density at radius 3 is 2.43 bits per heavy atom. The highest BCUT2D eigenvalue weighted by Gasteiger charge is 2.10. The molecule has 0 radical (unpaired) electrons. The summed E-state index contributed by atoms with van der Waals surface area (Å²) in [5.41, 5.74) is 3.21. The molecule has 1 atom stereocenters. The van der Waals surface area contributed by atoms with Crippen molar-refractivity contribution in [1.82, 2.24) is 0 Å². The number of hydrogen-bond donors (Lipinski definition) is 0. The highest BCUT2D eigenvalue weighted by Crippen LogP contribution is 2.14. The van der Waals surface area contributed by atoms with E-state index in [0.29, 0.717) is 6.61 Å². The second kappa shape index (κ2) is 7.95. The second-order valence-electron chi connectivity index (χ2n) is 5.31. The zero-order valence-electron chi connectivity index (χ0n) is 12.9. The molecule has 0 aromatic heterocycles. The molecular formula is C21H19NO. The summed E-state index contributed by atoms with van der Waals surface area (Å²) in [5.74, 6) is 0.135. The normalized spacial score (nSPS) is 18.6. The molecule has 1 aliphatic carbocycles. The zero-order chi connectivity index (χ0) is 15.7. The van der Waals surface area contributed by atoms with Gasteiger partial charge in [0.2, 0.25) is 0 Å². The molecule has 0 heterocycles. The van der Waals surface area contributed by atoms with Crippen LogP contribution in [0.25, 0.3) is 6.08 Å². The van der Waals surface area contributed by atoms with Crippen LogP contribution in [0.3, 0.4) is 0 Å². The van der Waals surface area contributed by atoms with E-state index in [1.165, 1.54) is 5.56 Å². The van der Waals surface area contributed by atoms with Crippen LogP contribution in [0.2, 0.25) is 0 Å². The van der Waals surface area contributed by atoms with Gasteiger partial charge in [-0.25, -0.2) is 0 Å². The van der Waals surface area contributed by atoms with Crippen LogP contribution >= 0.6 is 0 Å². The van der Waals surface area contributed by atoms with Crippen LogP contribution in [0.1, 0.15) is 11.1 Å². The first-order valence-electron chi connectivity index (χ1n) is 7.74. The van der Waals surface area contributed by atoms with E-state index >= 15 is 0 Å². The summed E-state index contributed by atoms with van der Waals surface area (Å²) in [6, 6.07) is 20.3. The van der Waals surface area contributed by atoms with Gasteiger partial charge in [-0.1, -0.05) is 96.2 Å². The molecule has 0 spiro atoms. The second-order valence-corrected chi connectivity index (χ2v) is 5.31. The predicted molar refractivity (Wildman–Crippen MR) is 95.9 cm³/mol. The van der Waals surface area contributed by atoms with Crippen molar-refractivity contribution in [3.05, 3.63) is 102 Å². The molecule has 2 heteroatoms. The van der Waals surface area contributed by atoms with E-state index in [0.717, 1.165) is 11.3 Å². The lowest BCUT2D eigenvalue weighted by Gasteiger charge is -2.11. The summed E-state index contributed by atoms with van der Waals surface area (Å²) in [5, 5.41) is 4.30. The van der Waals surface area contributed by atoms with Crippen LogP contribution in [0, 0.1) is 5.92 Å². The minimum atomic E-state index is 0.135. The zero-order valence-corrected chi connectivity index (χ0v) is 12.9. The molecule has 2 aromatic rings. The van der Waals surface area contributed by atoms with Crippen LogP contribution in [0.4, 0.5) is 0 Å². The van der Waals surface area contributed by atoms with Crippen molar-refractivity contribution in [2.24, 2.45) is 11.1 Å². The molecule has 0 bridgehead atoms. The number of nitrogens with zero attached hydrogens (tertiary/aromatic N) is 1. The summed E-state index contributed by atoms with van der Waals surface area (Å²) >= 11 is 0. The largest absolute Gasteiger partial charge is 0.391 e. The Hall–Kier alpha value is -2.87. The quantitative estimate of drug-likeness (QED) is 0.711. The summed E-state index contributed by atoms with van der Waals surface area (Å²) < 4.78 is 0. The highest BCUT2D eigenvalue weighted by molar-refractivity contribution is 6.00. The van der Waals surface area contributed by atoms with E-state index in [1.54, 1.807) is 0 Å². The number of benzene rings is 2. The van der Waals surface area contributed by atoms with Gasteiger partial charge < -0.3 is 4.84 Å². The maximum Gasteiger partial charge on any atom is 0.142 e. The van der Waals surface area contributed by atoms with Gasteiger partial charge in [-0.2, -0.15) is 0 Å². The van der Waals surface area contributed by atoms with Gasteiger partial charge in [-0.15, -0.1) is 0 Å². The van der Waals surface area contributed by atoms with E-state index < -0.39 is 0 Å². The van der Waals surface area contributed by atoms with Crippen molar-refractivity contribution >= 4 is 11.8 Å². The Balaban J connectivity index is 1.65. The SMILES string of the molecule is C1=CC(=NOCc2ccccc2)C(C=Cc2ccccc2)C=C1. The lowest BCUT2D eigenvalue weighted by Crippen LogP contribution is -2.10. The summed E-state index contributed by atoms with van der Waals surface area (Å²) in [4.78, 5) is 5.51. The fourth-order valence-corrected chi connectivity index (χ4v) is 2.34. The number of rotatable bonds is 5. The van der Waals surface area contributed by atoms with Crippen molar-refractivity contribution in [2.75, 3.05) is 0 Å². The molecule has 1 unspecified atom stereocenters. The van der Waals surface area contributed by atoms with Gasteiger partial charge in [-0.05, 0) is 17.2 Å². The van der Waals surface area contributed by atoms with Crippen molar-refractivity contribution in [2.45, 2.75) is 6.61 Å². The molecule has 2 aromatic carbocycles. The molecule has 1 aliphatic rings. The van der Waals surface area contributed by atoms with Gasteiger partial charge in [0, 0.05) is 5.92 Å². The molecule has 23 heavy (non-hydrogen) atoms. The van der Waals surface area contributed by atoms with E-state index in [4.69, 9.17) is 4.84 Å². The third-order valence-corrected chi connectivity index (χ3v) is 3.58. The van der Waals surface area contributed by atoms with Gasteiger partial charge in [0.15, 0.2) is 0 Å². The number of allylic oxidation sites excluding steroid dienone is 5. The highest BCUT2D eigenvalue weighted by atomic mass is 16.6. The smallest absolute Gasteiger partial charge is 0.142 e. The van der Waals surface area contributed by atoms with Crippen molar-refractivity contribution < 1.29 is 4.84 Å². The first-order valence-corrected chi connectivity index (χ1v) is 7.74. The molecule has 0 fully saturated rings. The third-order valence-electron chi connectivity index (χ3n) is 3.58. The standard InChI is InChI=1S/C21H19NO/c1-3-9-18(10-4-1)15-16-20-13-7-8-14-21(20)22-23-17-19-11-5-2-6-12-19/h1-16,20H,17H2. The fourth-order valence-electron chi connectivity index (χ4n) is 2.34. The first-order chi connectivity index (χ1) is 11.4. The predicted octanol–water partition coefficient (Wildman–Crippen LogP) is 5.01. The van der Waals surface area contributed by atoms with E-state index in [9.17, 15) is 0 Å². The molecule has 0 aliphatic heterocycles. The molecular weight excluding hydrogens is 282 g/mol. The lowest BCUT2D eigenvalue weighted by molar-refractivity contribution is 0.130. The van der Waals surface area contributed by atoms with E-state index in [1.807, 2.05) is 66.8 Å². The first kappa shape index (κ1) is 15.0. The lowest BCUT2D eigenvalue weighted by atomic mass is 9.97. The van der Waals surface area contributed by atoms with Crippen LogP contribution < -0.4 is 0 Å². The Morgan fingerprint density at radius 1 is 0.913 bits per heavy atom.